The number of aromatic nitrogens is 3. The molecule has 0 spiro atoms. The van der Waals surface area contributed by atoms with Crippen LogP contribution in [-0.2, 0) is 5.41 Å². The van der Waals surface area contributed by atoms with Crippen LogP contribution in [0.4, 0.5) is 0 Å². The smallest absolute Gasteiger partial charge is 0.160 e. The summed E-state index contributed by atoms with van der Waals surface area (Å²) in [5, 5.41) is 5.01. The molecule has 1 aliphatic carbocycles. The summed E-state index contributed by atoms with van der Waals surface area (Å²) >= 11 is 0. The molecule has 62 heavy (non-hydrogen) atoms. The van der Waals surface area contributed by atoms with Crippen LogP contribution >= 0.6 is 0 Å². The van der Waals surface area contributed by atoms with Crippen molar-refractivity contribution in [3.8, 4) is 73.0 Å². The van der Waals surface area contributed by atoms with Gasteiger partial charge in [0, 0.05) is 38.6 Å². The molecular weight excluding hydrogens is 751 g/mol. The van der Waals surface area contributed by atoms with E-state index in [1.54, 1.807) is 0 Å². The number of hydrogen-bond donors (Lipinski definition) is 0. The van der Waals surface area contributed by atoms with Crippen LogP contribution in [0.25, 0.3) is 106 Å². The van der Waals surface area contributed by atoms with E-state index in [-0.39, 0.29) is 5.41 Å². The molecule has 12 rings (SSSR count). The maximum atomic E-state index is 5.27. The van der Waals surface area contributed by atoms with Gasteiger partial charge in [0.05, 0.1) is 22.4 Å². The highest BCUT2D eigenvalue weighted by molar-refractivity contribution is 6.16. The molecule has 0 saturated carbocycles. The molecule has 0 bridgehead atoms. The van der Waals surface area contributed by atoms with Gasteiger partial charge in [-0.1, -0.05) is 172 Å². The number of nitrogens with zero attached hydrogens (tertiary/aromatic N) is 3. The summed E-state index contributed by atoms with van der Waals surface area (Å²) in [4.78, 5) is 10.5. The van der Waals surface area contributed by atoms with Gasteiger partial charge < -0.3 is 4.57 Å². The molecule has 0 radical (unpaired) electrons. The lowest BCUT2D eigenvalue weighted by atomic mass is 9.81. The Balaban J connectivity index is 1.00. The van der Waals surface area contributed by atoms with Crippen molar-refractivity contribution in [1.29, 1.82) is 0 Å². The monoisotopic (exact) mass is 791 g/mol. The third-order valence-corrected chi connectivity index (χ3v) is 13.0. The summed E-state index contributed by atoms with van der Waals surface area (Å²) in [6.45, 7) is 4.72. The Morgan fingerprint density at radius 3 is 1.68 bits per heavy atom. The number of hydrogen-bond acceptors (Lipinski definition) is 2. The first-order valence-electron chi connectivity index (χ1n) is 21.4. The number of rotatable bonds is 6. The summed E-state index contributed by atoms with van der Waals surface area (Å²) < 4.78 is 2.38. The van der Waals surface area contributed by atoms with Gasteiger partial charge in [0.15, 0.2) is 5.82 Å². The van der Waals surface area contributed by atoms with Crippen LogP contribution in [0, 0.1) is 0 Å². The van der Waals surface area contributed by atoms with Crippen molar-refractivity contribution in [2.45, 2.75) is 19.3 Å². The molecule has 3 nitrogen and oxygen atoms in total. The molecule has 2 aromatic heterocycles. The van der Waals surface area contributed by atoms with Crippen LogP contribution < -0.4 is 0 Å². The Bertz CT molecular complexity index is 3540. The Kier molecular flexibility index (Phi) is 8.20. The van der Waals surface area contributed by atoms with Gasteiger partial charge in [0.2, 0.25) is 0 Å². The molecule has 9 aromatic carbocycles. The first-order valence-corrected chi connectivity index (χ1v) is 21.4. The van der Waals surface area contributed by atoms with E-state index < -0.39 is 0 Å². The minimum atomic E-state index is -0.118. The standard InChI is InChI=1S/C59H41N3/c1-59(2)50-30-15-28-46(56(50)49-35-39-19-9-10-20-40(39)36-51(49)59)41-21-13-23-43(33-41)52-37-53(61-58(60-52)38-17-5-3-6-18-38)44-24-14-22-42(34-44)47-29-16-32-55-57(47)48-27-11-12-31-54(48)62(55)45-25-7-4-8-26-45/h3-37H,1-2H3. The predicted molar refractivity (Wildman–Crippen MR) is 259 cm³/mol. The van der Waals surface area contributed by atoms with Crippen molar-refractivity contribution in [3.05, 3.63) is 223 Å². The second-order valence-electron chi connectivity index (χ2n) is 17.0. The van der Waals surface area contributed by atoms with E-state index in [9.17, 15) is 0 Å². The predicted octanol–water partition coefficient (Wildman–Crippen LogP) is 15.4. The summed E-state index contributed by atoms with van der Waals surface area (Å²) in [5.74, 6) is 0.699. The average Bonchev–Trinajstić information content (AvgIpc) is 3.79. The summed E-state index contributed by atoms with van der Waals surface area (Å²) in [6.07, 6.45) is 0. The Morgan fingerprint density at radius 2 is 0.935 bits per heavy atom. The molecule has 1 aliphatic rings. The molecule has 0 fully saturated rings. The molecule has 292 valence electrons. The minimum absolute atomic E-state index is 0.118. The molecule has 0 aliphatic heterocycles. The topological polar surface area (TPSA) is 30.7 Å². The third kappa shape index (κ3) is 5.73. The van der Waals surface area contributed by atoms with E-state index in [4.69, 9.17) is 9.97 Å². The van der Waals surface area contributed by atoms with Crippen LogP contribution in [0.15, 0.2) is 212 Å². The first kappa shape index (κ1) is 36.0. The fraction of sp³-hybridized carbons (Fsp3) is 0.0508. The van der Waals surface area contributed by atoms with Crippen LogP contribution in [0.1, 0.15) is 25.0 Å². The lowest BCUT2D eigenvalue weighted by molar-refractivity contribution is 0.661. The summed E-state index contributed by atoms with van der Waals surface area (Å²) in [7, 11) is 0. The fourth-order valence-electron chi connectivity index (χ4n) is 9.98. The number of fused-ring (bicyclic) bond motifs is 7. The minimum Gasteiger partial charge on any atom is -0.309 e. The van der Waals surface area contributed by atoms with Crippen molar-refractivity contribution >= 4 is 32.6 Å². The Labute approximate surface area is 361 Å². The Morgan fingerprint density at radius 1 is 0.387 bits per heavy atom. The molecule has 0 saturated heterocycles. The van der Waals surface area contributed by atoms with Gasteiger partial charge in [0.1, 0.15) is 0 Å². The molecule has 0 N–H and O–H groups in total. The fourth-order valence-corrected chi connectivity index (χ4v) is 9.98. The van der Waals surface area contributed by atoms with Crippen LogP contribution in [0.2, 0.25) is 0 Å². The molecular formula is C59H41N3. The molecule has 11 aromatic rings. The van der Waals surface area contributed by atoms with Gasteiger partial charge in [-0.3, -0.25) is 0 Å². The maximum Gasteiger partial charge on any atom is 0.160 e. The normalized spacial score (nSPS) is 12.8. The van der Waals surface area contributed by atoms with Gasteiger partial charge >= 0.3 is 0 Å². The van der Waals surface area contributed by atoms with Crippen molar-refractivity contribution in [1.82, 2.24) is 14.5 Å². The van der Waals surface area contributed by atoms with Gasteiger partial charge in [-0.2, -0.15) is 0 Å². The highest BCUT2D eigenvalue weighted by Crippen LogP contribution is 2.53. The third-order valence-electron chi connectivity index (χ3n) is 13.0. The Hall–Kier alpha value is -7.88. The first-order chi connectivity index (χ1) is 30.5. The second-order valence-corrected chi connectivity index (χ2v) is 17.0. The summed E-state index contributed by atoms with van der Waals surface area (Å²) in [6, 6.07) is 76.6. The molecule has 2 heterocycles. The molecule has 0 amide bonds. The maximum absolute atomic E-state index is 5.27. The zero-order valence-corrected chi connectivity index (χ0v) is 34.5. The molecule has 0 atom stereocenters. The van der Waals surface area contributed by atoms with Crippen molar-refractivity contribution in [2.75, 3.05) is 0 Å². The SMILES string of the molecule is CC1(C)c2cc3ccccc3cc2-c2c(-c3cccc(-c4cc(-c5cccc(-c6cccc7c6c6ccccc6n7-c6ccccc6)c5)nc(-c5ccccc5)n4)c3)cccc21. The van der Waals surface area contributed by atoms with Gasteiger partial charge in [-0.15, -0.1) is 0 Å². The van der Waals surface area contributed by atoms with Crippen molar-refractivity contribution in [2.24, 2.45) is 0 Å². The second kappa shape index (κ2) is 14.1. The highest BCUT2D eigenvalue weighted by atomic mass is 15.0. The van der Waals surface area contributed by atoms with Gasteiger partial charge in [0.25, 0.3) is 0 Å². The average molecular weight is 792 g/mol. The van der Waals surface area contributed by atoms with Gasteiger partial charge in [-0.05, 0) is 110 Å². The zero-order chi connectivity index (χ0) is 41.4. The number of benzene rings is 9. The number of para-hydroxylation sites is 2. The van der Waals surface area contributed by atoms with Crippen LogP contribution in [0.3, 0.4) is 0 Å². The molecule has 3 heteroatoms. The summed E-state index contributed by atoms with van der Waals surface area (Å²) in [5.41, 5.74) is 18.3. The van der Waals surface area contributed by atoms with Crippen molar-refractivity contribution < 1.29 is 0 Å². The van der Waals surface area contributed by atoms with Crippen LogP contribution in [0.5, 0.6) is 0 Å². The van der Waals surface area contributed by atoms with E-state index in [0.29, 0.717) is 5.82 Å². The quantitative estimate of drug-likeness (QED) is 0.168. The van der Waals surface area contributed by atoms with Crippen molar-refractivity contribution in [3.63, 3.8) is 0 Å². The molecule has 0 unspecified atom stereocenters. The zero-order valence-electron chi connectivity index (χ0n) is 34.5. The van der Waals surface area contributed by atoms with E-state index in [1.807, 2.05) is 6.07 Å². The van der Waals surface area contributed by atoms with E-state index >= 15 is 0 Å². The van der Waals surface area contributed by atoms with Crippen LogP contribution in [-0.4, -0.2) is 14.5 Å². The van der Waals surface area contributed by atoms with E-state index in [0.717, 1.165) is 39.3 Å². The lowest BCUT2D eigenvalue weighted by Crippen LogP contribution is -2.14. The lowest BCUT2D eigenvalue weighted by Gasteiger charge is -2.22. The largest absolute Gasteiger partial charge is 0.309 e. The van der Waals surface area contributed by atoms with E-state index in [1.165, 1.54) is 71.5 Å². The highest BCUT2D eigenvalue weighted by Gasteiger charge is 2.37. The van der Waals surface area contributed by atoms with E-state index in [2.05, 4.69) is 225 Å². The van der Waals surface area contributed by atoms with Gasteiger partial charge in [-0.25, -0.2) is 9.97 Å².